The number of ether oxygens (including phenoxy) is 2. The number of anilines is 1. The number of carbonyl (C=O) groups excluding carboxylic acids is 1. The molecule has 0 aromatic carbocycles. The van der Waals surface area contributed by atoms with Gasteiger partial charge in [0.05, 0.1) is 25.4 Å². The molecule has 0 spiro atoms. The van der Waals surface area contributed by atoms with Crippen molar-refractivity contribution < 1.29 is 28.6 Å². The number of halogens is 1. The fourth-order valence-electron chi connectivity index (χ4n) is 1.92. The lowest BCUT2D eigenvalue weighted by Crippen LogP contribution is -2.29. The fourth-order valence-corrected chi connectivity index (χ4v) is 1.92. The number of aliphatic carboxylic acids is 1. The summed E-state index contributed by atoms with van der Waals surface area (Å²) in [6, 6.07) is 0. The molecular formula is C21H38FN5O6. The van der Waals surface area contributed by atoms with E-state index in [2.05, 4.69) is 51.3 Å². The van der Waals surface area contributed by atoms with Gasteiger partial charge in [-0.05, 0) is 12.8 Å². The van der Waals surface area contributed by atoms with Gasteiger partial charge in [0.2, 0.25) is 0 Å². The van der Waals surface area contributed by atoms with E-state index in [0.29, 0.717) is 12.8 Å². The van der Waals surface area contributed by atoms with Gasteiger partial charge in [-0.1, -0.05) is 40.5 Å². The first-order chi connectivity index (χ1) is 15.6. The van der Waals surface area contributed by atoms with Crippen LogP contribution in [0.3, 0.4) is 0 Å². The maximum atomic E-state index is 13.3. The van der Waals surface area contributed by atoms with E-state index < -0.39 is 35.5 Å². The summed E-state index contributed by atoms with van der Waals surface area (Å²) in [5.74, 6) is -2.73. The molecule has 1 aliphatic heterocycles. The van der Waals surface area contributed by atoms with Gasteiger partial charge >= 0.3 is 17.6 Å². The average molecular weight is 476 g/mol. The van der Waals surface area contributed by atoms with Gasteiger partial charge in [0.25, 0.3) is 0 Å². The molecule has 0 aliphatic carbocycles. The SMILES string of the molecule is C#C.CCC.CCC.NCC(=O)O.NCC(=O)OCC1CCC(n2cc(F)c(N)nc2=O)O1. The third kappa shape index (κ3) is 17.2. The van der Waals surface area contributed by atoms with Crippen molar-refractivity contribution in [1.29, 1.82) is 0 Å². The number of nitrogens with two attached hydrogens (primary N) is 3. The summed E-state index contributed by atoms with van der Waals surface area (Å²) in [4.78, 5) is 35.1. The quantitative estimate of drug-likeness (QED) is 0.357. The summed E-state index contributed by atoms with van der Waals surface area (Å²) in [5.41, 5.74) is 14.2. The molecule has 12 heteroatoms. The molecule has 1 fully saturated rings. The Kier molecular flexibility index (Phi) is 23.3. The molecule has 2 rings (SSSR count). The van der Waals surface area contributed by atoms with Gasteiger partial charge in [0, 0.05) is 0 Å². The van der Waals surface area contributed by atoms with Crippen molar-refractivity contribution >= 4 is 17.8 Å². The first kappa shape index (κ1) is 34.6. The fraction of sp³-hybridized carbons (Fsp3) is 0.619. The Labute approximate surface area is 194 Å². The summed E-state index contributed by atoms with van der Waals surface area (Å²) >= 11 is 0. The molecule has 1 aliphatic rings. The lowest BCUT2D eigenvalue weighted by atomic mass is 10.2. The van der Waals surface area contributed by atoms with E-state index in [4.69, 9.17) is 26.0 Å². The normalized spacial score (nSPS) is 15.5. The summed E-state index contributed by atoms with van der Waals surface area (Å²) in [6.07, 6.45) is 11.5. The molecule has 33 heavy (non-hydrogen) atoms. The molecule has 2 atom stereocenters. The van der Waals surface area contributed by atoms with Crippen LogP contribution in [-0.2, 0) is 19.1 Å². The number of terminal acetylenes is 1. The molecular weight excluding hydrogens is 437 g/mol. The predicted molar refractivity (Wildman–Crippen MR) is 125 cm³/mol. The zero-order valence-corrected chi connectivity index (χ0v) is 19.8. The van der Waals surface area contributed by atoms with Crippen molar-refractivity contribution in [3.05, 3.63) is 22.5 Å². The Balaban J connectivity index is -0.000000577. The van der Waals surface area contributed by atoms with Crippen LogP contribution in [0.15, 0.2) is 11.0 Å². The van der Waals surface area contributed by atoms with Gasteiger partial charge in [-0.15, -0.1) is 12.8 Å². The van der Waals surface area contributed by atoms with Gasteiger partial charge < -0.3 is 31.8 Å². The number of carbonyl (C=O) groups is 2. The zero-order chi connectivity index (χ0) is 26.4. The van der Waals surface area contributed by atoms with Gasteiger partial charge in [0.1, 0.15) is 12.8 Å². The molecule has 7 N–H and O–H groups in total. The van der Waals surface area contributed by atoms with Gasteiger partial charge in [-0.2, -0.15) is 4.98 Å². The number of hydrogen-bond acceptors (Lipinski definition) is 9. The van der Waals surface area contributed by atoms with Crippen molar-refractivity contribution in [3.8, 4) is 12.8 Å². The smallest absolute Gasteiger partial charge is 0.351 e. The van der Waals surface area contributed by atoms with E-state index >= 15 is 0 Å². The predicted octanol–water partition coefficient (Wildman–Crippen LogP) is 1.26. The molecule has 11 nitrogen and oxygen atoms in total. The lowest BCUT2D eigenvalue weighted by Gasteiger charge is -2.15. The van der Waals surface area contributed by atoms with E-state index in [1.165, 1.54) is 12.8 Å². The minimum atomic E-state index is -0.968. The van der Waals surface area contributed by atoms with Crippen LogP contribution in [0.1, 0.15) is 59.6 Å². The Morgan fingerprint density at radius 3 is 2.12 bits per heavy atom. The van der Waals surface area contributed by atoms with Crippen molar-refractivity contribution in [3.63, 3.8) is 0 Å². The number of nitrogen functional groups attached to an aromatic ring is 1. The number of carboxylic acids is 1. The molecule has 1 aromatic heterocycles. The second kappa shape index (κ2) is 22.2. The highest BCUT2D eigenvalue weighted by molar-refractivity contribution is 5.71. The molecule has 0 amide bonds. The number of hydrogen-bond donors (Lipinski definition) is 4. The van der Waals surface area contributed by atoms with E-state index in [-0.39, 0.29) is 25.8 Å². The van der Waals surface area contributed by atoms with Crippen molar-refractivity contribution in [2.45, 2.75) is 65.7 Å². The van der Waals surface area contributed by atoms with Crippen LogP contribution in [0.5, 0.6) is 0 Å². The number of aromatic nitrogens is 2. The van der Waals surface area contributed by atoms with Gasteiger partial charge in [-0.25, -0.2) is 9.18 Å². The first-order valence-electron chi connectivity index (χ1n) is 10.4. The third-order valence-corrected chi connectivity index (χ3v) is 3.10. The van der Waals surface area contributed by atoms with Crippen LogP contribution in [0.2, 0.25) is 0 Å². The van der Waals surface area contributed by atoms with Crippen LogP contribution in [0.25, 0.3) is 0 Å². The van der Waals surface area contributed by atoms with Crippen molar-refractivity contribution in [2.24, 2.45) is 11.5 Å². The highest BCUT2D eigenvalue weighted by Gasteiger charge is 2.28. The van der Waals surface area contributed by atoms with Gasteiger partial charge in [-0.3, -0.25) is 14.2 Å². The molecule has 1 saturated heterocycles. The number of rotatable bonds is 5. The largest absolute Gasteiger partial charge is 0.480 e. The Bertz CT molecular complexity index is 740. The van der Waals surface area contributed by atoms with Gasteiger partial charge in [0.15, 0.2) is 11.6 Å². The second-order valence-electron chi connectivity index (χ2n) is 6.35. The molecule has 2 unspecified atom stereocenters. The topological polar surface area (TPSA) is 186 Å². The average Bonchev–Trinajstić information content (AvgIpc) is 3.26. The third-order valence-electron chi connectivity index (χ3n) is 3.10. The van der Waals surface area contributed by atoms with E-state index in [1.54, 1.807) is 0 Å². The molecule has 1 aromatic rings. The first-order valence-corrected chi connectivity index (χ1v) is 10.4. The summed E-state index contributed by atoms with van der Waals surface area (Å²) in [7, 11) is 0. The van der Waals surface area contributed by atoms with E-state index in [0.717, 1.165) is 10.8 Å². The minimum Gasteiger partial charge on any atom is -0.480 e. The van der Waals surface area contributed by atoms with Crippen LogP contribution in [-0.4, -0.2) is 52.4 Å². The Hall–Kier alpha value is -3.01. The van der Waals surface area contributed by atoms with Crippen LogP contribution >= 0.6 is 0 Å². The lowest BCUT2D eigenvalue weighted by molar-refractivity contribution is -0.146. The second-order valence-corrected chi connectivity index (χ2v) is 6.35. The highest BCUT2D eigenvalue weighted by Crippen LogP contribution is 2.27. The number of nitrogens with zero attached hydrogens (tertiary/aromatic N) is 2. The minimum absolute atomic E-state index is 0.0478. The van der Waals surface area contributed by atoms with Crippen LogP contribution in [0.4, 0.5) is 10.2 Å². The van der Waals surface area contributed by atoms with Crippen molar-refractivity contribution in [1.82, 2.24) is 9.55 Å². The van der Waals surface area contributed by atoms with E-state index in [1.807, 2.05) is 0 Å². The summed E-state index contributed by atoms with van der Waals surface area (Å²) < 4.78 is 24.7. The maximum absolute atomic E-state index is 13.3. The van der Waals surface area contributed by atoms with E-state index in [9.17, 15) is 18.8 Å². The number of carboxylic acid groups (broad SMARTS) is 1. The Morgan fingerprint density at radius 1 is 1.21 bits per heavy atom. The number of esters is 1. The monoisotopic (exact) mass is 475 g/mol. The van der Waals surface area contributed by atoms with Crippen molar-refractivity contribution in [2.75, 3.05) is 25.4 Å². The zero-order valence-electron chi connectivity index (χ0n) is 19.8. The molecule has 0 radical (unpaired) electrons. The molecule has 0 saturated carbocycles. The highest BCUT2D eigenvalue weighted by atomic mass is 19.1. The summed E-state index contributed by atoms with van der Waals surface area (Å²) in [5, 5.41) is 7.60. The standard InChI is InChI=1S/C11H15FN4O4.2C3H8.C2H5NO2.C2H2/c12-7-4-16(11(18)15-10(7)14)8-2-1-6(20-8)5-19-9(17)3-13;2*1-3-2;3-1-2(4)5;1-2/h4,6,8H,1-3,5,13H2,(H2,14,15,18);2*3H2,1-2H3;1,3H2,(H,4,5);1-2H. The Morgan fingerprint density at radius 2 is 1.70 bits per heavy atom. The van der Waals surface area contributed by atoms with Crippen LogP contribution < -0.4 is 22.9 Å². The molecule has 0 bridgehead atoms. The summed E-state index contributed by atoms with van der Waals surface area (Å²) in [6.45, 7) is 8.06. The molecule has 190 valence electrons. The molecule has 2 heterocycles. The van der Waals surface area contributed by atoms with Crippen LogP contribution in [0, 0.1) is 18.7 Å². The maximum Gasteiger partial charge on any atom is 0.351 e.